The number of nitrogens with one attached hydrogen (secondary N) is 1. The first kappa shape index (κ1) is 22.1. The Hall–Kier alpha value is -4.13. The Labute approximate surface area is 192 Å². The first-order chi connectivity index (χ1) is 15.8. The van der Waals surface area contributed by atoms with Gasteiger partial charge in [-0.1, -0.05) is 24.3 Å². The second-order valence-corrected chi connectivity index (χ2v) is 7.86. The summed E-state index contributed by atoms with van der Waals surface area (Å²) >= 11 is 0. The van der Waals surface area contributed by atoms with Gasteiger partial charge < -0.3 is 9.30 Å². The molecule has 0 aliphatic carbocycles. The molecule has 1 aliphatic heterocycles. The third-order valence-corrected chi connectivity index (χ3v) is 5.54. The molecule has 168 valence electrons. The first-order valence-electron chi connectivity index (χ1n) is 10.7. The van der Waals surface area contributed by atoms with Gasteiger partial charge in [-0.25, -0.2) is 9.69 Å². The fraction of sp³-hybridized carbons (Fsp3) is 0.192. The number of rotatable bonds is 5. The van der Waals surface area contributed by atoms with Gasteiger partial charge in [0, 0.05) is 17.1 Å². The van der Waals surface area contributed by atoms with E-state index in [4.69, 9.17) is 4.74 Å². The SMILES string of the molecule is CCOc1ccccc1N1C(=O)NC(=O)/C(=C\c2cc(C)n(-c3cccc(C)c3)c2C)C1=O. The minimum Gasteiger partial charge on any atom is -0.492 e. The van der Waals surface area contributed by atoms with Gasteiger partial charge in [0.2, 0.25) is 0 Å². The van der Waals surface area contributed by atoms with Gasteiger partial charge in [-0.15, -0.1) is 0 Å². The summed E-state index contributed by atoms with van der Waals surface area (Å²) in [5, 5.41) is 2.27. The van der Waals surface area contributed by atoms with E-state index in [-0.39, 0.29) is 11.3 Å². The number of para-hydroxylation sites is 2. The second kappa shape index (κ2) is 8.78. The zero-order valence-corrected chi connectivity index (χ0v) is 19.0. The van der Waals surface area contributed by atoms with Crippen LogP contribution in [0.3, 0.4) is 0 Å². The molecule has 0 spiro atoms. The molecule has 3 aromatic rings. The standard InChI is InChI=1S/C26H25N3O4/c1-5-33-23-12-7-6-11-22(23)29-25(31)21(24(30)27-26(29)32)15-19-14-17(3)28(18(19)4)20-10-8-9-16(2)13-20/h6-15H,5H2,1-4H3,(H,27,30,32)/b21-15+. The van der Waals surface area contributed by atoms with Crippen molar-refractivity contribution < 1.29 is 19.1 Å². The third kappa shape index (κ3) is 4.05. The molecule has 0 atom stereocenters. The molecule has 1 aliphatic rings. The number of benzene rings is 2. The lowest BCUT2D eigenvalue weighted by atomic mass is 10.1. The number of urea groups is 1. The average molecular weight is 444 g/mol. The van der Waals surface area contributed by atoms with Crippen LogP contribution < -0.4 is 15.0 Å². The Morgan fingerprint density at radius 2 is 1.73 bits per heavy atom. The predicted octanol–water partition coefficient (Wildman–Crippen LogP) is 4.47. The normalized spacial score (nSPS) is 15.2. The van der Waals surface area contributed by atoms with Crippen molar-refractivity contribution in [3.8, 4) is 11.4 Å². The Morgan fingerprint density at radius 3 is 2.45 bits per heavy atom. The molecule has 0 bridgehead atoms. The molecule has 2 aromatic carbocycles. The number of ether oxygens (including phenoxy) is 1. The highest BCUT2D eigenvalue weighted by atomic mass is 16.5. The Kier molecular flexibility index (Phi) is 5.87. The van der Waals surface area contributed by atoms with Crippen molar-refractivity contribution in [2.75, 3.05) is 11.5 Å². The van der Waals surface area contributed by atoms with Gasteiger partial charge in [0.15, 0.2) is 0 Å². The largest absolute Gasteiger partial charge is 0.492 e. The summed E-state index contributed by atoms with van der Waals surface area (Å²) in [7, 11) is 0. The van der Waals surface area contributed by atoms with E-state index in [9.17, 15) is 14.4 Å². The topological polar surface area (TPSA) is 80.6 Å². The zero-order chi connectivity index (χ0) is 23.7. The van der Waals surface area contributed by atoms with Crippen LogP contribution in [-0.4, -0.2) is 29.0 Å². The first-order valence-corrected chi connectivity index (χ1v) is 10.7. The van der Waals surface area contributed by atoms with E-state index in [0.717, 1.165) is 33.1 Å². The smallest absolute Gasteiger partial charge is 0.336 e. The molecular weight excluding hydrogens is 418 g/mol. The van der Waals surface area contributed by atoms with Crippen LogP contribution in [0.15, 0.2) is 60.2 Å². The van der Waals surface area contributed by atoms with Crippen molar-refractivity contribution in [3.05, 3.63) is 82.7 Å². The second-order valence-electron chi connectivity index (χ2n) is 7.86. The molecule has 33 heavy (non-hydrogen) atoms. The molecule has 0 saturated carbocycles. The number of nitrogens with zero attached hydrogens (tertiary/aromatic N) is 2. The van der Waals surface area contributed by atoms with Crippen molar-refractivity contribution in [1.29, 1.82) is 0 Å². The van der Waals surface area contributed by atoms with E-state index in [2.05, 4.69) is 16.0 Å². The average Bonchev–Trinajstić information content (AvgIpc) is 3.05. The molecule has 1 N–H and O–H groups in total. The number of aromatic nitrogens is 1. The van der Waals surface area contributed by atoms with E-state index in [1.54, 1.807) is 24.3 Å². The van der Waals surface area contributed by atoms with Crippen LogP contribution in [-0.2, 0) is 9.59 Å². The minimum atomic E-state index is -0.806. The van der Waals surface area contributed by atoms with Crippen molar-refractivity contribution in [1.82, 2.24) is 9.88 Å². The van der Waals surface area contributed by atoms with Crippen molar-refractivity contribution in [2.45, 2.75) is 27.7 Å². The van der Waals surface area contributed by atoms with Crippen LogP contribution in [0.5, 0.6) is 5.75 Å². The lowest BCUT2D eigenvalue weighted by Crippen LogP contribution is -2.54. The summed E-state index contributed by atoms with van der Waals surface area (Å²) in [6.07, 6.45) is 1.54. The van der Waals surface area contributed by atoms with Crippen molar-refractivity contribution in [3.63, 3.8) is 0 Å². The number of anilines is 1. The molecule has 7 heteroatoms. The predicted molar refractivity (Wildman–Crippen MR) is 127 cm³/mol. The third-order valence-electron chi connectivity index (χ3n) is 5.54. The Balaban J connectivity index is 1.77. The van der Waals surface area contributed by atoms with Crippen LogP contribution in [0.4, 0.5) is 10.5 Å². The van der Waals surface area contributed by atoms with Gasteiger partial charge >= 0.3 is 6.03 Å². The van der Waals surface area contributed by atoms with Gasteiger partial charge in [0.05, 0.1) is 12.3 Å². The molecule has 2 heterocycles. The molecule has 4 rings (SSSR count). The summed E-state index contributed by atoms with van der Waals surface area (Å²) in [6, 6.07) is 15.9. The lowest BCUT2D eigenvalue weighted by Gasteiger charge is -2.27. The van der Waals surface area contributed by atoms with E-state index in [0.29, 0.717) is 12.4 Å². The fourth-order valence-corrected chi connectivity index (χ4v) is 4.05. The molecule has 7 nitrogen and oxygen atoms in total. The molecule has 1 saturated heterocycles. The number of amides is 4. The highest BCUT2D eigenvalue weighted by molar-refractivity contribution is 6.39. The molecule has 1 aromatic heterocycles. The van der Waals surface area contributed by atoms with Gasteiger partial charge in [-0.05, 0) is 75.2 Å². The number of hydrogen-bond donors (Lipinski definition) is 1. The van der Waals surface area contributed by atoms with Crippen LogP contribution in [0.25, 0.3) is 11.8 Å². The number of carbonyl (C=O) groups excluding carboxylic acids is 3. The highest BCUT2D eigenvalue weighted by Crippen LogP contribution is 2.32. The number of barbiturate groups is 1. The maximum Gasteiger partial charge on any atom is 0.336 e. The number of hydrogen-bond acceptors (Lipinski definition) is 4. The fourth-order valence-electron chi connectivity index (χ4n) is 4.05. The molecule has 0 radical (unpaired) electrons. The van der Waals surface area contributed by atoms with E-state index < -0.39 is 17.8 Å². The van der Waals surface area contributed by atoms with Crippen molar-refractivity contribution in [2.24, 2.45) is 0 Å². The Bertz CT molecular complexity index is 1300. The lowest BCUT2D eigenvalue weighted by molar-refractivity contribution is -0.122. The van der Waals surface area contributed by atoms with Gasteiger partial charge in [0.25, 0.3) is 11.8 Å². The van der Waals surface area contributed by atoms with Crippen molar-refractivity contribution >= 4 is 29.6 Å². The maximum absolute atomic E-state index is 13.3. The van der Waals surface area contributed by atoms with Crippen LogP contribution in [0, 0.1) is 20.8 Å². The van der Waals surface area contributed by atoms with Crippen LogP contribution in [0.1, 0.15) is 29.4 Å². The van der Waals surface area contributed by atoms with E-state index >= 15 is 0 Å². The summed E-state index contributed by atoms with van der Waals surface area (Å²) in [6.45, 7) is 8.10. The number of carbonyl (C=O) groups is 3. The molecule has 1 fully saturated rings. The maximum atomic E-state index is 13.3. The zero-order valence-electron chi connectivity index (χ0n) is 19.0. The summed E-state index contributed by atoms with van der Waals surface area (Å²) in [4.78, 5) is 39.5. The molecule has 4 amide bonds. The Morgan fingerprint density at radius 1 is 0.970 bits per heavy atom. The highest BCUT2D eigenvalue weighted by Gasteiger charge is 2.38. The van der Waals surface area contributed by atoms with Crippen LogP contribution >= 0.6 is 0 Å². The van der Waals surface area contributed by atoms with Gasteiger partial charge in [-0.2, -0.15) is 0 Å². The summed E-state index contributed by atoms with van der Waals surface area (Å²) in [5.41, 5.74) is 4.85. The minimum absolute atomic E-state index is 0.120. The quantitative estimate of drug-likeness (QED) is 0.466. The molecule has 0 unspecified atom stereocenters. The van der Waals surface area contributed by atoms with E-state index in [1.165, 1.54) is 6.08 Å². The van der Waals surface area contributed by atoms with E-state index in [1.807, 2.05) is 52.0 Å². The monoisotopic (exact) mass is 443 g/mol. The van der Waals surface area contributed by atoms with Crippen LogP contribution in [0.2, 0.25) is 0 Å². The number of imide groups is 2. The molecular formula is C26H25N3O4. The number of aryl methyl sites for hydroxylation is 2. The van der Waals surface area contributed by atoms with Gasteiger partial charge in [0.1, 0.15) is 11.3 Å². The summed E-state index contributed by atoms with van der Waals surface area (Å²) in [5.74, 6) is -1.04. The van der Waals surface area contributed by atoms with Gasteiger partial charge in [-0.3, -0.25) is 14.9 Å². The summed E-state index contributed by atoms with van der Waals surface area (Å²) < 4.78 is 7.65.